The van der Waals surface area contributed by atoms with Crippen molar-refractivity contribution in [1.29, 1.82) is 0 Å². The van der Waals surface area contributed by atoms with E-state index in [1.165, 1.54) is 18.2 Å². The zero-order valence-corrected chi connectivity index (χ0v) is 19.7. The van der Waals surface area contributed by atoms with E-state index >= 15 is 0 Å². The monoisotopic (exact) mass is 554 g/mol. The Morgan fingerprint density at radius 1 is 1.10 bits per heavy atom. The summed E-state index contributed by atoms with van der Waals surface area (Å²) in [4.78, 5) is 4.22. The third-order valence-corrected chi connectivity index (χ3v) is 5.34. The Bertz CT molecular complexity index is 929. The molecule has 11 heteroatoms. The summed E-state index contributed by atoms with van der Waals surface area (Å²) in [6.45, 7) is -0.436. The van der Waals surface area contributed by atoms with E-state index in [4.69, 9.17) is 0 Å². The molecule has 2 aromatic rings. The minimum atomic E-state index is -3.58. The Balaban J connectivity index is 0.00000450. The van der Waals surface area contributed by atoms with Gasteiger partial charge in [0.15, 0.2) is 5.96 Å². The van der Waals surface area contributed by atoms with Crippen molar-refractivity contribution in [2.24, 2.45) is 4.99 Å². The van der Waals surface area contributed by atoms with Gasteiger partial charge in [-0.25, -0.2) is 13.1 Å². The van der Waals surface area contributed by atoms with Crippen LogP contribution in [-0.4, -0.2) is 41.1 Å². The lowest BCUT2D eigenvalue weighted by Crippen LogP contribution is -2.41. The predicted octanol–water partition coefficient (Wildman–Crippen LogP) is 2.86. The highest BCUT2D eigenvalue weighted by Gasteiger charge is 2.13. The highest BCUT2D eigenvalue weighted by Crippen LogP contribution is 2.21. The van der Waals surface area contributed by atoms with Gasteiger partial charge in [0, 0.05) is 32.2 Å². The fraction of sp³-hybridized carbons (Fsp3) is 0.316. The van der Waals surface area contributed by atoms with Crippen LogP contribution in [-0.2, 0) is 16.6 Å². The van der Waals surface area contributed by atoms with Crippen molar-refractivity contribution in [3.63, 3.8) is 0 Å². The molecule has 30 heavy (non-hydrogen) atoms. The second kappa shape index (κ2) is 12.6. The van der Waals surface area contributed by atoms with Crippen LogP contribution in [0.3, 0.4) is 0 Å². The van der Waals surface area contributed by atoms with Crippen LogP contribution in [0.5, 0.6) is 5.75 Å². The normalized spacial score (nSPS) is 11.7. The molecule has 2 aromatic carbocycles. The van der Waals surface area contributed by atoms with E-state index < -0.39 is 16.6 Å². The van der Waals surface area contributed by atoms with Crippen LogP contribution in [0.15, 0.2) is 58.4 Å². The Hall–Kier alpha value is -1.99. The SMILES string of the molecule is CN=C(NCCNS(=O)(=O)c1ccccc1)NCc1cc(C)ccc1OC(F)F.I. The summed E-state index contributed by atoms with van der Waals surface area (Å²) in [6.07, 6.45) is 0. The molecule has 166 valence electrons. The largest absolute Gasteiger partial charge is 0.434 e. The molecule has 0 unspecified atom stereocenters. The van der Waals surface area contributed by atoms with Crippen molar-refractivity contribution in [3.8, 4) is 5.75 Å². The standard InChI is InChI=1S/C19H24F2N4O3S.HI/c1-14-8-9-17(28-18(20)21)15(12-14)13-24-19(22-2)23-10-11-25-29(26,27)16-6-4-3-5-7-16;/h3-9,12,18,25H,10-11,13H2,1-2H3,(H2,22,23,24);1H. The molecule has 0 aliphatic heterocycles. The lowest BCUT2D eigenvalue weighted by atomic mass is 10.1. The fourth-order valence-corrected chi connectivity index (χ4v) is 3.56. The number of aliphatic imine (C=N–C) groups is 1. The maximum Gasteiger partial charge on any atom is 0.387 e. The minimum absolute atomic E-state index is 0. The fourth-order valence-electron chi connectivity index (χ4n) is 2.51. The van der Waals surface area contributed by atoms with Crippen molar-refractivity contribution in [2.75, 3.05) is 20.1 Å². The third kappa shape index (κ3) is 8.40. The smallest absolute Gasteiger partial charge is 0.387 e. The average molecular weight is 554 g/mol. The molecule has 0 radical (unpaired) electrons. The van der Waals surface area contributed by atoms with Gasteiger partial charge in [0.1, 0.15) is 5.75 Å². The first-order chi connectivity index (χ1) is 13.8. The topological polar surface area (TPSA) is 91.8 Å². The van der Waals surface area contributed by atoms with Gasteiger partial charge in [-0.2, -0.15) is 8.78 Å². The van der Waals surface area contributed by atoms with E-state index in [1.54, 1.807) is 37.4 Å². The summed E-state index contributed by atoms with van der Waals surface area (Å²) in [6, 6.07) is 13.0. The molecule has 7 nitrogen and oxygen atoms in total. The van der Waals surface area contributed by atoms with Gasteiger partial charge in [-0.05, 0) is 25.1 Å². The molecule has 0 atom stereocenters. The van der Waals surface area contributed by atoms with E-state index in [9.17, 15) is 17.2 Å². The average Bonchev–Trinajstić information content (AvgIpc) is 2.69. The van der Waals surface area contributed by atoms with Crippen LogP contribution >= 0.6 is 24.0 Å². The maximum absolute atomic E-state index is 12.6. The van der Waals surface area contributed by atoms with Crippen molar-refractivity contribution in [1.82, 2.24) is 15.4 Å². The number of hydrogen-bond acceptors (Lipinski definition) is 4. The van der Waals surface area contributed by atoms with Crippen molar-refractivity contribution < 1.29 is 21.9 Å². The summed E-state index contributed by atoms with van der Waals surface area (Å²) >= 11 is 0. The summed E-state index contributed by atoms with van der Waals surface area (Å²) in [5.41, 5.74) is 1.46. The number of guanidine groups is 1. The lowest BCUT2D eigenvalue weighted by molar-refractivity contribution is -0.0504. The Morgan fingerprint density at radius 3 is 2.43 bits per heavy atom. The van der Waals surface area contributed by atoms with Gasteiger partial charge in [0.25, 0.3) is 0 Å². The molecule has 0 fully saturated rings. The number of ether oxygens (including phenoxy) is 1. The highest BCUT2D eigenvalue weighted by atomic mass is 127. The van der Waals surface area contributed by atoms with Crippen LogP contribution in [0, 0.1) is 6.92 Å². The molecule has 0 aliphatic carbocycles. The number of rotatable bonds is 9. The molecular formula is C19H25F2IN4O3S. The van der Waals surface area contributed by atoms with Crippen LogP contribution in [0.1, 0.15) is 11.1 Å². The highest BCUT2D eigenvalue weighted by molar-refractivity contribution is 14.0. The molecule has 0 amide bonds. The van der Waals surface area contributed by atoms with Crippen LogP contribution < -0.4 is 20.1 Å². The molecule has 0 bridgehead atoms. The van der Waals surface area contributed by atoms with Crippen molar-refractivity contribution in [2.45, 2.75) is 25.0 Å². The van der Waals surface area contributed by atoms with Gasteiger partial charge in [0.05, 0.1) is 4.90 Å². The zero-order valence-electron chi connectivity index (χ0n) is 16.6. The van der Waals surface area contributed by atoms with Crippen molar-refractivity contribution in [3.05, 3.63) is 59.7 Å². The Kier molecular flexibility index (Phi) is 11.0. The third-order valence-electron chi connectivity index (χ3n) is 3.86. The van der Waals surface area contributed by atoms with Gasteiger partial charge >= 0.3 is 6.61 Å². The Morgan fingerprint density at radius 2 is 1.80 bits per heavy atom. The molecular weight excluding hydrogens is 529 g/mol. The Labute approximate surface area is 192 Å². The number of hydrogen-bond donors (Lipinski definition) is 3. The molecule has 0 heterocycles. The van der Waals surface area contributed by atoms with Gasteiger partial charge in [-0.15, -0.1) is 24.0 Å². The molecule has 0 spiro atoms. The quantitative estimate of drug-likeness (QED) is 0.192. The number of aryl methyl sites for hydroxylation is 1. The molecule has 0 saturated heterocycles. The van der Waals surface area contributed by atoms with Crippen LogP contribution in [0.25, 0.3) is 0 Å². The van der Waals surface area contributed by atoms with E-state index in [2.05, 4.69) is 25.1 Å². The number of nitrogens with one attached hydrogen (secondary N) is 3. The van der Waals surface area contributed by atoms with E-state index in [0.29, 0.717) is 11.5 Å². The number of sulfonamides is 1. The summed E-state index contributed by atoms with van der Waals surface area (Å²) in [7, 11) is -2.03. The molecule has 3 N–H and O–H groups in total. The number of nitrogens with zero attached hydrogens (tertiary/aromatic N) is 1. The summed E-state index contributed by atoms with van der Waals surface area (Å²) in [5, 5.41) is 5.95. The van der Waals surface area contributed by atoms with Crippen LogP contribution in [0.2, 0.25) is 0 Å². The van der Waals surface area contributed by atoms with E-state index in [0.717, 1.165) is 5.56 Å². The van der Waals surface area contributed by atoms with E-state index in [-0.39, 0.29) is 54.3 Å². The second-order valence-corrected chi connectivity index (χ2v) is 7.82. The van der Waals surface area contributed by atoms with Crippen molar-refractivity contribution >= 4 is 40.0 Å². The van der Waals surface area contributed by atoms with Gasteiger partial charge < -0.3 is 15.4 Å². The van der Waals surface area contributed by atoms with Gasteiger partial charge in [-0.1, -0.05) is 35.9 Å². The molecule has 0 aliphatic rings. The minimum Gasteiger partial charge on any atom is -0.434 e. The van der Waals surface area contributed by atoms with Gasteiger partial charge in [0.2, 0.25) is 10.0 Å². The number of benzene rings is 2. The first-order valence-corrected chi connectivity index (χ1v) is 10.3. The molecule has 2 rings (SSSR count). The second-order valence-electron chi connectivity index (χ2n) is 6.05. The summed E-state index contributed by atoms with van der Waals surface area (Å²) < 4.78 is 56.4. The molecule has 0 aromatic heterocycles. The number of alkyl halides is 2. The predicted molar refractivity (Wildman–Crippen MR) is 123 cm³/mol. The molecule has 0 saturated carbocycles. The van der Waals surface area contributed by atoms with Gasteiger partial charge in [-0.3, -0.25) is 4.99 Å². The lowest BCUT2D eigenvalue weighted by Gasteiger charge is -2.15. The first kappa shape index (κ1) is 26.0. The number of halogens is 3. The van der Waals surface area contributed by atoms with E-state index in [1.807, 2.05) is 6.92 Å². The summed E-state index contributed by atoms with van der Waals surface area (Å²) in [5.74, 6) is 0.484. The van der Waals surface area contributed by atoms with Crippen LogP contribution in [0.4, 0.5) is 8.78 Å². The zero-order chi connectivity index (χ0) is 21.3. The maximum atomic E-state index is 12.6. The first-order valence-electron chi connectivity index (χ1n) is 8.85.